The van der Waals surface area contributed by atoms with Crippen molar-refractivity contribution in [2.45, 2.75) is 40.2 Å². The number of carbonyl (C=O) groups excluding carboxylic acids is 2. The van der Waals surface area contributed by atoms with Crippen LogP contribution in [0.1, 0.15) is 31.4 Å². The second kappa shape index (κ2) is 9.57. The van der Waals surface area contributed by atoms with Crippen molar-refractivity contribution in [3.63, 3.8) is 0 Å². The molecule has 1 atom stereocenters. The number of amides is 2. The number of benzene rings is 1. The second-order valence-corrected chi connectivity index (χ2v) is 7.09. The van der Waals surface area contributed by atoms with Crippen molar-refractivity contribution < 1.29 is 14.3 Å². The fourth-order valence-electron chi connectivity index (χ4n) is 2.97. The molecule has 2 amide bonds. The number of nitrogens with one attached hydrogen (secondary N) is 1. The summed E-state index contributed by atoms with van der Waals surface area (Å²) in [6.07, 6.45) is 0.925. The maximum Gasteiger partial charge on any atom is 0.260 e. The minimum atomic E-state index is -0.00585. The van der Waals surface area contributed by atoms with Gasteiger partial charge in [0.2, 0.25) is 5.91 Å². The summed E-state index contributed by atoms with van der Waals surface area (Å²) < 4.78 is 5.69. The summed E-state index contributed by atoms with van der Waals surface area (Å²) in [6.45, 7) is 11.2. The van der Waals surface area contributed by atoms with Gasteiger partial charge in [0.05, 0.1) is 6.54 Å². The summed E-state index contributed by atoms with van der Waals surface area (Å²) in [5.41, 5.74) is 2.21. The van der Waals surface area contributed by atoms with E-state index in [9.17, 15) is 9.59 Å². The Morgan fingerprint density at radius 2 is 1.88 bits per heavy atom. The Morgan fingerprint density at radius 1 is 1.19 bits per heavy atom. The van der Waals surface area contributed by atoms with Crippen molar-refractivity contribution in [3.8, 4) is 5.75 Å². The van der Waals surface area contributed by atoms with Crippen LogP contribution >= 0.6 is 0 Å². The number of rotatable bonds is 7. The van der Waals surface area contributed by atoms with Gasteiger partial charge in [-0.25, -0.2) is 0 Å². The maximum absolute atomic E-state index is 12.4. The summed E-state index contributed by atoms with van der Waals surface area (Å²) in [5, 5.41) is 2.98. The van der Waals surface area contributed by atoms with Gasteiger partial charge in [0.1, 0.15) is 5.75 Å². The maximum atomic E-state index is 12.4. The van der Waals surface area contributed by atoms with Crippen molar-refractivity contribution in [2.75, 3.05) is 39.3 Å². The normalized spacial score (nSPS) is 16.2. The Morgan fingerprint density at radius 3 is 2.50 bits per heavy atom. The zero-order chi connectivity index (χ0) is 19.1. The molecule has 1 saturated heterocycles. The first-order valence-corrected chi connectivity index (χ1v) is 9.38. The predicted molar refractivity (Wildman–Crippen MR) is 102 cm³/mol. The van der Waals surface area contributed by atoms with Crippen LogP contribution in [-0.4, -0.2) is 67.0 Å². The van der Waals surface area contributed by atoms with Crippen LogP contribution in [0.5, 0.6) is 5.75 Å². The Bertz CT molecular complexity index is 625. The van der Waals surface area contributed by atoms with Gasteiger partial charge < -0.3 is 15.0 Å². The largest absolute Gasteiger partial charge is 0.484 e. The molecule has 1 unspecified atom stereocenters. The van der Waals surface area contributed by atoms with Gasteiger partial charge in [0, 0.05) is 32.2 Å². The lowest BCUT2D eigenvalue weighted by Crippen LogP contribution is -2.52. The molecule has 1 aromatic rings. The minimum absolute atomic E-state index is 0.00585. The van der Waals surface area contributed by atoms with E-state index in [1.807, 2.05) is 43.9 Å². The molecule has 26 heavy (non-hydrogen) atoms. The Hall–Kier alpha value is -2.08. The molecule has 0 aliphatic carbocycles. The van der Waals surface area contributed by atoms with Crippen molar-refractivity contribution in [1.82, 2.24) is 15.1 Å². The van der Waals surface area contributed by atoms with Gasteiger partial charge in [-0.3, -0.25) is 14.5 Å². The summed E-state index contributed by atoms with van der Waals surface area (Å²) in [5.74, 6) is 0.801. The molecule has 1 fully saturated rings. The van der Waals surface area contributed by atoms with Crippen LogP contribution in [0.2, 0.25) is 0 Å². The predicted octanol–water partition coefficient (Wildman–Crippen LogP) is 1.74. The number of ether oxygens (including phenoxy) is 1. The van der Waals surface area contributed by atoms with Crippen LogP contribution in [0, 0.1) is 13.8 Å². The second-order valence-electron chi connectivity index (χ2n) is 7.09. The molecule has 0 bridgehead atoms. The molecule has 0 aromatic heterocycles. The molecule has 1 aliphatic heterocycles. The van der Waals surface area contributed by atoms with Crippen LogP contribution in [0.3, 0.4) is 0 Å². The van der Waals surface area contributed by atoms with E-state index >= 15 is 0 Å². The first kappa shape index (κ1) is 20.2. The van der Waals surface area contributed by atoms with E-state index in [0.29, 0.717) is 32.7 Å². The van der Waals surface area contributed by atoms with E-state index in [1.165, 1.54) is 5.56 Å². The van der Waals surface area contributed by atoms with Crippen molar-refractivity contribution >= 4 is 11.8 Å². The van der Waals surface area contributed by atoms with E-state index in [-0.39, 0.29) is 24.5 Å². The van der Waals surface area contributed by atoms with Crippen LogP contribution < -0.4 is 10.1 Å². The quantitative estimate of drug-likeness (QED) is 0.804. The Balaban J connectivity index is 1.73. The average Bonchev–Trinajstić information content (AvgIpc) is 2.61. The van der Waals surface area contributed by atoms with Crippen molar-refractivity contribution in [2.24, 2.45) is 0 Å². The highest BCUT2D eigenvalue weighted by Crippen LogP contribution is 2.18. The van der Waals surface area contributed by atoms with Gasteiger partial charge in [-0.2, -0.15) is 0 Å². The molecular formula is C20H31N3O3. The molecule has 6 nitrogen and oxygen atoms in total. The van der Waals surface area contributed by atoms with E-state index in [2.05, 4.69) is 17.1 Å². The molecule has 6 heteroatoms. The van der Waals surface area contributed by atoms with Crippen molar-refractivity contribution in [1.29, 1.82) is 0 Å². The van der Waals surface area contributed by atoms with E-state index in [4.69, 9.17) is 4.74 Å². The number of hydrogen-bond donors (Lipinski definition) is 1. The first-order chi connectivity index (χ1) is 12.4. The molecule has 0 saturated carbocycles. The zero-order valence-corrected chi connectivity index (χ0v) is 16.4. The SMILES string of the molecule is CCC(C)NC(=O)CN1CCN(C(=O)COc2ccc(C)cc2C)CC1. The minimum Gasteiger partial charge on any atom is -0.484 e. The summed E-state index contributed by atoms with van der Waals surface area (Å²) in [6, 6.07) is 6.14. The highest BCUT2D eigenvalue weighted by atomic mass is 16.5. The average molecular weight is 361 g/mol. The number of hydrogen-bond acceptors (Lipinski definition) is 4. The van der Waals surface area contributed by atoms with Crippen molar-refractivity contribution in [3.05, 3.63) is 29.3 Å². The summed E-state index contributed by atoms with van der Waals surface area (Å²) >= 11 is 0. The lowest BCUT2D eigenvalue weighted by Gasteiger charge is -2.34. The highest BCUT2D eigenvalue weighted by molar-refractivity contribution is 5.79. The smallest absolute Gasteiger partial charge is 0.260 e. The van der Waals surface area contributed by atoms with Crippen LogP contribution in [0.25, 0.3) is 0 Å². The molecule has 0 radical (unpaired) electrons. The van der Waals surface area contributed by atoms with Gasteiger partial charge in [-0.05, 0) is 38.8 Å². The molecular weight excluding hydrogens is 330 g/mol. The van der Waals surface area contributed by atoms with E-state index < -0.39 is 0 Å². The molecule has 1 N–H and O–H groups in total. The fourth-order valence-corrected chi connectivity index (χ4v) is 2.97. The van der Waals surface area contributed by atoms with Crippen LogP contribution in [0.15, 0.2) is 18.2 Å². The van der Waals surface area contributed by atoms with Crippen LogP contribution in [-0.2, 0) is 9.59 Å². The third kappa shape index (κ3) is 6.02. The Labute approximate surface area is 156 Å². The topological polar surface area (TPSA) is 61.9 Å². The first-order valence-electron chi connectivity index (χ1n) is 9.38. The number of aryl methyl sites for hydroxylation is 2. The number of nitrogens with zero attached hydrogens (tertiary/aromatic N) is 2. The monoisotopic (exact) mass is 361 g/mol. The fraction of sp³-hybridized carbons (Fsp3) is 0.600. The van der Waals surface area contributed by atoms with Gasteiger partial charge in [-0.15, -0.1) is 0 Å². The number of carbonyl (C=O) groups is 2. The molecule has 0 spiro atoms. The molecule has 2 rings (SSSR count). The van der Waals surface area contributed by atoms with Crippen LogP contribution in [0.4, 0.5) is 0 Å². The molecule has 1 heterocycles. The summed E-state index contributed by atoms with van der Waals surface area (Å²) in [7, 11) is 0. The third-order valence-electron chi connectivity index (χ3n) is 4.79. The molecule has 1 aromatic carbocycles. The van der Waals surface area contributed by atoms with Gasteiger partial charge in [0.15, 0.2) is 6.61 Å². The standard InChI is InChI=1S/C20H31N3O3/c1-5-17(4)21-19(24)13-22-8-10-23(11-9-22)20(25)14-26-18-7-6-15(2)12-16(18)3/h6-7,12,17H,5,8-11,13-14H2,1-4H3,(H,21,24). The molecule has 144 valence electrons. The Kier molecular flexibility index (Phi) is 7.45. The van der Waals surface area contributed by atoms with E-state index in [1.54, 1.807) is 0 Å². The highest BCUT2D eigenvalue weighted by Gasteiger charge is 2.23. The van der Waals surface area contributed by atoms with Gasteiger partial charge >= 0.3 is 0 Å². The lowest BCUT2D eigenvalue weighted by molar-refractivity contribution is -0.135. The van der Waals surface area contributed by atoms with E-state index in [0.717, 1.165) is 17.7 Å². The van der Waals surface area contributed by atoms with Gasteiger partial charge in [-0.1, -0.05) is 24.6 Å². The third-order valence-corrected chi connectivity index (χ3v) is 4.79. The summed E-state index contributed by atoms with van der Waals surface area (Å²) in [4.78, 5) is 28.2. The molecule has 1 aliphatic rings. The number of piperazine rings is 1. The lowest BCUT2D eigenvalue weighted by atomic mass is 10.1. The zero-order valence-electron chi connectivity index (χ0n) is 16.4. The van der Waals surface area contributed by atoms with Gasteiger partial charge in [0.25, 0.3) is 5.91 Å².